The van der Waals surface area contributed by atoms with Gasteiger partial charge in [0.05, 0.1) is 5.41 Å². The van der Waals surface area contributed by atoms with Crippen LogP contribution < -0.4 is 5.32 Å². The normalized spacial score (nSPS) is 17.3. The number of alkyl halides is 3. The van der Waals surface area contributed by atoms with Gasteiger partial charge in [0.15, 0.2) is 5.69 Å². The molecule has 1 aromatic heterocycles. The lowest BCUT2D eigenvalue weighted by atomic mass is 10.1. The van der Waals surface area contributed by atoms with Crippen LogP contribution in [0.2, 0.25) is 0 Å². The summed E-state index contributed by atoms with van der Waals surface area (Å²) in [6.45, 7) is -0.271. The Morgan fingerprint density at radius 3 is 2.61 bits per heavy atom. The maximum absolute atomic E-state index is 12.7. The predicted octanol–water partition coefficient (Wildman–Crippen LogP) is 2.53. The predicted molar refractivity (Wildman–Crippen MR) is 57.4 cm³/mol. The largest absolute Gasteiger partial charge is 0.477 e. The number of anilines is 1. The van der Waals surface area contributed by atoms with E-state index in [1.165, 1.54) is 18.2 Å². The molecule has 1 heterocycles. The first-order valence-corrected chi connectivity index (χ1v) is 5.35. The molecule has 0 saturated heterocycles. The van der Waals surface area contributed by atoms with E-state index >= 15 is 0 Å². The van der Waals surface area contributed by atoms with Crippen LogP contribution in [0.4, 0.5) is 19.0 Å². The smallest absolute Gasteiger partial charge is 0.396 e. The molecule has 1 aliphatic carbocycles. The van der Waals surface area contributed by atoms with Crippen LogP contribution in [-0.2, 0) is 0 Å². The van der Waals surface area contributed by atoms with Gasteiger partial charge in [-0.05, 0) is 25.0 Å². The van der Waals surface area contributed by atoms with Crippen LogP contribution in [0.15, 0.2) is 18.2 Å². The van der Waals surface area contributed by atoms with Crippen LogP contribution >= 0.6 is 0 Å². The van der Waals surface area contributed by atoms with Crippen LogP contribution in [0.25, 0.3) is 0 Å². The summed E-state index contributed by atoms with van der Waals surface area (Å²) in [5.74, 6) is -1.07. The quantitative estimate of drug-likeness (QED) is 0.873. The third kappa shape index (κ3) is 2.39. The van der Waals surface area contributed by atoms with Gasteiger partial charge in [-0.3, -0.25) is 0 Å². The highest BCUT2D eigenvalue weighted by Crippen LogP contribution is 2.57. The molecular formula is C11H11F3N2O2. The molecule has 0 aliphatic heterocycles. The van der Waals surface area contributed by atoms with Crippen LogP contribution in [0.5, 0.6) is 0 Å². The highest BCUT2D eigenvalue weighted by Gasteiger charge is 2.62. The minimum absolute atomic E-state index is 0.0993. The van der Waals surface area contributed by atoms with E-state index in [-0.39, 0.29) is 30.9 Å². The number of aromatic nitrogens is 1. The van der Waals surface area contributed by atoms with E-state index in [1.54, 1.807) is 0 Å². The zero-order valence-electron chi connectivity index (χ0n) is 9.29. The van der Waals surface area contributed by atoms with Crippen molar-refractivity contribution in [2.45, 2.75) is 19.0 Å². The second-order valence-corrected chi connectivity index (χ2v) is 4.34. The Hall–Kier alpha value is -1.79. The van der Waals surface area contributed by atoms with E-state index in [1.807, 2.05) is 0 Å². The average molecular weight is 260 g/mol. The minimum atomic E-state index is -4.23. The first-order valence-electron chi connectivity index (χ1n) is 5.35. The molecule has 4 nitrogen and oxygen atoms in total. The Kier molecular flexibility index (Phi) is 2.92. The van der Waals surface area contributed by atoms with Crippen molar-refractivity contribution in [1.82, 2.24) is 4.98 Å². The molecule has 1 saturated carbocycles. The number of carbonyl (C=O) groups is 1. The zero-order chi connectivity index (χ0) is 13.4. The molecule has 2 rings (SSSR count). The van der Waals surface area contributed by atoms with Crippen LogP contribution in [0.1, 0.15) is 23.3 Å². The van der Waals surface area contributed by atoms with E-state index in [2.05, 4.69) is 10.3 Å². The summed E-state index contributed by atoms with van der Waals surface area (Å²) in [6, 6.07) is 4.16. The van der Waals surface area contributed by atoms with Crippen molar-refractivity contribution < 1.29 is 23.1 Å². The molecule has 7 heteroatoms. The monoisotopic (exact) mass is 260 g/mol. The first-order chi connectivity index (χ1) is 8.34. The highest BCUT2D eigenvalue weighted by molar-refractivity contribution is 5.85. The van der Waals surface area contributed by atoms with Gasteiger partial charge >= 0.3 is 12.1 Å². The maximum Gasteiger partial charge on any atom is 0.396 e. The standard InChI is InChI=1S/C11H11F3N2O2/c12-11(13,14)10(4-5-10)6-15-8-3-1-2-7(16-8)9(17)18/h1-3H,4-6H2,(H,15,16)(H,17,18). The van der Waals surface area contributed by atoms with Gasteiger partial charge in [0.2, 0.25) is 0 Å². The number of rotatable bonds is 4. The van der Waals surface area contributed by atoms with Crippen molar-refractivity contribution in [3.8, 4) is 0 Å². The molecule has 1 aliphatic rings. The fourth-order valence-corrected chi connectivity index (χ4v) is 1.62. The van der Waals surface area contributed by atoms with Crippen molar-refractivity contribution in [2.24, 2.45) is 5.41 Å². The van der Waals surface area contributed by atoms with Crippen LogP contribution in [0, 0.1) is 5.41 Å². The first kappa shape index (κ1) is 12.7. The molecule has 0 amide bonds. The molecule has 1 fully saturated rings. The van der Waals surface area contributed by atoms with Gasteiger partial charge in [-0.25, -0.2) is 9.78 Å². The summed E-state index contributed by atoms with van der Waals surface area (Å²) < 4.78 is 38.0. The number of carboxylic acids is 1. The van der Waals surface area contributed by atoms with E-state index in [9.17, 15) is 18.0 Å². The summed E-state index contributed by atoms with van der Waals surface area (Å²) in [6.07, 6.45) is -4.03. The number of hydrogen-bond acceptors (Lipinski definition) is 3. The van der Waals surface area contributed by atoms with Crippen molar-refractivity contribution in [3.63, 3.8) is 0 Å². The lowest BCUT2D eigenvalue weighted by molar-refractivity contribution is -0.182. The third-order valence-electron chi connectivity index (χ3n) is 3.03. The number of nitrogens with one attached hydrogen (secondary N) is 1. The molecular weight excluding hydrogens is 249 g/mol. The number of aromatic carboxylic acids is 1. The number of nitrogens with zero attached hydrogens (tertiary/aromatic N) is 1. The van der Waals surface area contributed by atoms with Gasteiger partial charge in [-0.1, -0.05) is 6.07 Å². The molecule has 0 atom stereocenters. The van der Waals surface area contributed by atoms with Crippen molar-refractivity contribution >= 4 is 11.8 Å². The number of pyridine rings is 1. The molecule has 0 radical (unpaired) electrons. The summed E-state index contributed by atoms with van der Waals surface area (Å²) in [4.78, 5) is 14.4. The SMILES string of the molecule is O=C(O)c1cccc(NCC2(C(F)(F)F)CC2)n1. The summed E-state index contributed by atoms with van der Waals surface area (Å²) in [7, 11) is 0. The highest BCUT2D eigenvalue weighted by atomic mass is 19.4. The lowest BCUT2D eigenvalue weighted by Crippen LogP contribution is -2.31. The minimum Gasteiger partial charge on any atom is -0.477 e. The number of halogens is 3. The topological polar surface area (TPSA) is 62.2 Å². The number of hydrogen-bond donors (Lipinski definition) is 2. The van der Waals surface area contributed by atoms with E-state index in [0.29, 0.717) is 0 Å². The second kappa shape index (κ2) is 4.15. The Morgan fingerprint density at radius 1 is 1.44 bits per heavy atom. The van der Waals surface area contributed by atoms with E-state index in [4.69, 9.17) is 5.11 Å². The van der Waals surface area contributed by atoms with Gasteiger partial charge in [-0.15, -0.1) is 0 Å². The Balaban J connectivity index is 2.03. The van der Waals surface area contributed by atoms with Gasteiger partial charge < -0.3 is 10.4 Å². The van der Waals surface area contributed by atoms with Crippen molar-refractivity contribution in [3.05, 3.63) is 23.9 Å². The summed E-state index contributed by atoms with van der Waals surface area (Å²) >= 11 is 0. The van der Waals surface area contributed by atoms with Crippen LogP contribution in [0.3, 0.4) is 0 Å². The molecule has 1 aromatic rings. The Labute approximate surface area is 101 Å². The number of carboxylic acid groups (broad SMARTS) is 1. The second-order valence-electron chi connectivity index (χ2n) is 4.34. The molecule has 2 N–H and O–H groups in total. The summed E-state index contributed by atoms with van der Waals surface area (Å²) in [5.41, 5.74) is -1.87. The molecule has 98 valence electrons. The Bertz CT molecular complexity index is 470. The summed E-state index contributed by atoms with van der Waals surface area (Å²) in [5, 5.41) is 11.3. The molecule has 18 heavy (non-hydrogen) atoms. The maximum atomic E-state index is 12.7. The van der Waals surface area contributed by atoms with E-state index < -0.39 is 17.6 Å². The van der Waals surface area contributed by atoms with Gasteiger partial charge in [0.25, 0.3) is 0 Å². The zero-order valence-corrected chi connectivity index (χ0v) is 9.29. The van der Waals surface area contributed by atoms with Gasteiger partial charge in [0, 0.05) is 6.54 Å². The van der Waals surface area contributed by atoms with E-state index in [0.717, 1.165) is 0 Å². The molecule has 0 bridgehead atoms. The van der Waals surface area contributed by atoms with Gasteiger partial charge in [-0.2, -0.15) is 13.2 Å². The molecule has 0 unspecified atom stereocenters. The molecule has 0 aromatic carbocycles. The lowest BCUT2D eigenvalue weighted by Gasteiger charge is -2.19. The average Bonchev–Trinajstić information content (AvgIpc) is 3.07. The fraction of sp³-hybridized carbons (Fsp3) is 0.455. The third-order valence-corrected chi connectivity index (χ3v) is 3.03. The van der Waals surface area contributed by atoms with Gasteiger partial charge in [0.1, 0.15) is 5.82 Å². The molecule has 0 spiro atoms. The Morgan fingerprint density at radius 2 is 2.11 bits per heavy atom. The fourth-order valence-electron chi connectivity index (χ4n) is 1.62. The van der Waals surface area contributed by atoms with Crippen molar-refractivity contribution in [2.75, 3.05) is 11.9 Å². The van der Waals surface area contributed by atoms with Crippen LogP contribution in [-0.4, -0.2) is 28.8 Å². The van der Waals surface area contributed by atoms with Crippen molar-refractivity contribution in [1.29, 1.82) is 0 Å².